The van der Waals surface area contributed by atoms with Gasteiger partial charge in [-0.25, -0.2) is 4.98 Å². The Bertz CT molecular complexity index is 391. The van der Waals surface area contributed by atoms with E-state index in [1.54, 1.807) is 24.5 Å². The monoisotopic (exact) mass is 213 g/mol. The fourth-order valence-corrected chi connectivity index (χ4v) is 1.50. The van der Waals surface area contributed by atoms with Crippen molar-refractivity contribution in [1.82, 2.24) is 15.2 Å². The minimum atomic E-state index is 0.378. The number of nitrogens with one attached hydrogen (secondary N) is 1. The van der Waals surface area contributed by atoms with Crippen molar-refractivity contribution in [2.45, 2.75) is 0 Å². The van der Waals surface area contributed by atoms with Gasteiger partial charge in [-0.2, -0.15) is 5.10 Å². The third kappa shape index (κ3) is 1.82. The van der Waals surface area contributed by atoms with Gasteiger partial charge in [0.15, 0.2) is 0 Å². The zero-order valence-electron chi connectivity index (χ0n) is 6.46. The first kappa shape index (κ1) is 8.53. The first-order chi connectivity index (χ1) is 6.25. The first-order valence-electron chi connectivity index (χ1n) is 3.58. The van der Waals surface area contributed by atoms with Crippen LogP contribution in [0.25, 0.3) is 11.1 Å². The molecule has 0 fully saturated rings. The molecule has 13 heavy (non-hydrogen) atoms. The van der Waals surface area contributed by atoms with E-state index < -0.39 is 0 Å². The number of pyridine rings is 1. The molecular weight excluding hydrogens is 209 g/mol. The highest BCUT2D eigenvalue weighted by Crippen LogP contribution is 2.23. The minimum absolute atomic E-state index is 0.378. The van der Waals surface area contributed by atoms with Crippen LogP contribution in [0.2, 0.25) is 10.3 Å². The predicted molar refractivity (Wildman–Crippen MR) is 51.8 cm³/mol. The predicted octanol–water partition coefficient (Wildman–Crippen LogP) is 2.78. The van der Waals surface area contributed by atoms with Crippen molar-refractivity contribution in [1.29, 1.82) is 0 Å². The summed E-state index contributed by atoms with van der Waals surface area (Å²) in [6.07, 6.45) is 3.46. The van der Waals surface area contributed by atoms with Crippen molar-refractivity contribution in [2.75, 3.05) is 0 Å². The summed E-state index contributed by atoms with van der Waals surface area (Å²) >= 11 is 11.5. The second-order valence-corrected chi connectivity index (χ2v) is 3.26. The van der Waals surface area contributed by atoms with Gasteiger partial charge in [-0.3, -0.25) is 5.10 Å². The van der Waals surface area contributed by atoms with Crippen LogP contribution in [-0.2, 0) is 0 Å². The Labute approximate surface area is 84.7 Å². The second kappa shape index (κ2) is 3.36. The molecule has 0 spiro atoms. The van der Waals surface area contributed by atoms with E-state index in [4.69, 9.17) is 23.2 Å². The van der Waals surface area contributed by atoms with Crippen molar-refractivity contribution in [3.63, 3.8) is 0 Å². The lowest BCUT2D eigenvalue weighted by Crippen LogP contribution is -1.79. The maximum Gasteiger partial charge on any atom is 0.131 e. The fraction of sp³-hybridized carbons (Fsp3) is 0. The lowest BCUT2D eigenvalue weighted by molar-refractivity contribution is 1.09. The van der Waals surface area contributed by atoms with Crippen molar-refractivity contribution in [3.8, 4) is 11.1 Å². The van der Waals surface area contributed by atoms with Gasteiger partial charge in [0.25, 0.3) is 0 Å². The zero-order valence-corrected chi connectivity index (χ0v) is 7.97. The number of halogens is 2. The zero-order chi connectivity index (χ0) is 9.26. The van der Waals surface area contributed by atoms with Gasteiger partial charge in [0.1, 0.15) is 10.3 Å². The maximum absolute atomic E-state index is 5.74. The molecular formula is C8H5Cl2N3. The van der Waals surface area contributed by atoms with Crippen LogP contribution in [0.3, 0.4) is 0 Å². The van der Waals surface area contributed by atoms with E-state index in [1.807, 2.05) is 0 Å². The standard InChI is InChI=1S/C8H5Cl2N3/c9-7-1-5(2-8(10)13-7)6-3-11-12-4-6/h1-4H,(H,11,12). The number of nitrogens with zero attached hydrogens (tertiary/aromatic N) is 2. The molecule has 0 aromatic carbocycles. The van der Waals surface area contributed by atoms with Gasteiger partial charge in [0.2, 0.25) is 0 Å². The highest BCUT2D eigenvalue weighted by molar-refractivity contribution is 6.32. The number of hydrogen-bond acceptors (Lipinski definition) is 2. The molecule has 0 bridgehead atoms. The number of hydrogen-bond donors (Lipinski definition) is 1. The lowest BCUT2D eigenvalue weighted by Gasteiger charge is -1.97. The van der Waals surface area contributed by atoms with E-state index in [-0.39, 0.29) is 0 Å². The summed E-state index contributed by atoms with van der Waals surface area (Å²) in [5.74, 6) is 0. The molecule has 3 nitrogen and oxygen atoms in total. The van der Waals surface area contributed by atoms with Crippen LogP contribution in [-0.4, -0.2) is 15.2 Å². The molecule has 0 amide bonds. The third-order valence-corrected chi connectivity index (χ3v) is 1.98. The SMILES string of the molecule is Clc1cc(-c2cn[nH]c2)cc(Cl)n1. The summed E-state index contributed by atoms with van der Waals surface area (Å²) in [4.78, 5) is 3.84. The molecule has 0 saturated heterocycles. The topological polar surface area (TPSA) is 41.6 Å². The Morgan fingerprint density at radius 1 is 1.08 bits per heavy atom. The minimum Gasteiger partial charge on any atom is -0.285 e. The van der Waals surface area contributed by atoms with Gasteiger partial charge in [0, 0.05) is 11.8 Å². The molecule has 1 N–H and O–H groups in total. The van der Waals surface area contributed by atoms with Gasteiger partial charge >= 0.3 is 0 Å². The molecule has 0 aliphatic rings. The van der Waals surface area contributed by atoms with Crippen LogP contribution >= 0.6 is 23.2 Å². The lowest BCUT2D eigenvalue weighted by atomic mass is 10.1. The summed E-state index contributed by atoms with van der Waals surface area (Å²) in [5, 5.41) is 7.29. The molecule has 0 unspecified atom stereocenters. The van der Waals surface area contributed by atoms with Crippen LogP contribution in [0.15, 0.2) is 24.5 Å². The molecule has 0 aliphatic heterocycles. The van der Waals surface area contributed by atoms with E-state index >= 15 is 0 Å². The van der Waals surface area contributed by atoms with E-state index in [1.165, 1.54) is 0 Å². The number of aromatic nitrogens is 3. The van der Waals surface area contributed by atoms with Crippen LogP contribution < -0.4 is 0 Å². The summed E-state index contributed by atoms with van der Waals surface area (Å²) in [7, 11) is 0. The Morgan fingerprint density at radius 2 is 1.77 bits per heavy atom. The summed E-state index contributed by atoms with van der Waals surface area (Å²) in [6, 6.07) is 3.47. The molecule has 2 rings (SSSR count). The molecule has 2 aromatic rings. The first-order valence-corrected chi connectivity index (χ1v) is 4.33. The number of rotatable bonds is 1. The second-order valence-electron chi connectivity index (χ2n) is 2.49. The molecule has 66 valence electrons. The molecule has 0 radical (unpaired) electrons. The van der Waals surface area contributed by atoms with Crippen LogP contribution in [0, 0.1) is 0 Å². The maximum atomic E-state index is 5.74. The molecule has 2 heterocycles. The van der Waals surface area contributed by atoms with Gasteiger partial charge in [-0.05, 0) is 17.7 Å². The highest BCUT2D eigenvalue weighted by Gasteiger charge is 2.02. The molecule has 0 atom stereocenters. The summed E-state index contributed by atoms with van der Waals surface area (Å²) < 4.78 is 0. The highest BCUT2D eigenvalue weighted by atomic mass is 35.5. The van der Waals surface area contributed by atoms with Crippen molar-refractivity contribution >= 4 is 23.2 Å². The Balaban J connectivity index is 2.53. The molecule has 2 aromatic heterocycles. The van der Waals surface area contributed by atoms with Crippen LogP contribution in [0.1, 0.15) is 0 Å². The summed E-state index contributed by atoms with van der Waals surface area (Å²) in [5.41, 5.74) is 1.84. The van der Waals surface area contributed by atoms with Gasteiger partial charge in [0.05, 0.1) is 6.20 Å². The molecule has 0 aliphatic carbocycles. The quantitative estimate of drug-likeness (QED) is 0.741. The van der Waals surface area contributed by atoms with E-state index in [0.29, 0.717) is 10.3 Å². The third-order valence-electron chi connectivity index (χ3n) is 1.59. The van der Waals surface area contributed by atoms with Crippen LogP contribution in [0.5, 0.6) is 0 Å². The van der Waals surface area contributed by atoms with Crippen LogP contribution in [0.4, 0.5) is 0 Å². The average molecular weight is 214 g/mol. The number of H-pyrrole nitrogens is 1. The molecule has 5 heteroatoms. The molecule has 0 saturated carbocycles. The Hall–Kier alpha value is -1.06. The number of aromatic amines is 1. The van der Waals surface area contributed by atoms with Crippen molar-refractivity contribution < 1.29 is 0 Å². The summed E-state index contributed by atoms with van der Waals surface area (Å²) in [6.45, 7) is 0. The Kier molecular flexibility index (Phi) is 2.20. The van der Waals surface area contributed by atoms with Crippen molar-refractivity contribution in [2.24, 2.45) is 0 Å². The Morgan fingerprint density at radius 3 is 2.31 bits per heavy atom. The van der Waals surface area contributed by atoms with Gasteiger partial charge in [-0.1, -0.05) is 23.2 Å². The van der Waals surface area contributed by atoms with E-state index in [2.05, 4.69) is 15.2 Å². The van der Waals surface area contributed by atoms with E-state index in [0.717, 1.165) is 11.1 Å². The average Bonchev–Trinajstić information content (AvgIpc) is 2.53. The smallest absolute Gasteiger partial charge is 0.131 e. The van der Waals surface area contributed by atoms with Gasteiger partial charge in [-0.15, -0.1) is 0 Å². The largest absolute Gasteiger partial charge is 0.285 e. The fourth-order valence-electron chi connectivity index (χ4n) is 1.04. The normalized spacial score (nSPS) is 10.3. The van der Waals surface area contributed by atoms with E-state index in [9.17, 15) is 0 Å². The van der Waals surface area contributed by atoms with Crippen molar-refractivity contribution in [3.05, 3.63) is 34.8 Å². The van der Waals surface area contributed by atoms with Gasteiger partial charge < -0.3 is 0 Å².